The molecule has 2 aromatic rings. The summed E-state index contributed by atoms with van der Waals surface area (Å²) >= 11 is 0. The number of aryl methyl sites for hydroxylation is 1. The van der Waals surface area contributed by atoms with Gasteiger partial charge in [-0.25, -0.2) is 0 Å². The zero-order chi connectivity index (χ0) is 11.7. The highest BCUT2D eigenvalue weighted by atomic mass is 15.0. The lowest BCUT2D eigenvalue weighted by molar-refractivity contribution is 0.608. The molecule has 0 unspecified atom stereocenters. The van der Waals surface area contributed by atoms with Crippen LogP contribution in [0.3, 0.4) is 0 Å². The number of fused-ring (bicyclic) bond motifs is 1. The van der Waals surface area contributed by atoms with Crippen molar-refractivity contribution in [3.05, 3.63) is 35.5 Å². The van der Waals surface area contributed by atoms with Crippen molar-refractivity contribution >= 4 is 10.9 Å². The first-order valence-corrected chi connectivity index (χ1v) is 5.88. The lowest BCUT2D eigenvalue weighted by atomic mass is 10.1. The highest BCUT2D eigenvalue weighted by molar-refractivity contribution is 5.82. The van der Waals surface area contributed by atoms with Gasteiger partial charge in [-0.05, 0) is 51.6 Å². The fourth-order valence-electron chi connectivity index (χ4n) is 2.42. The van der Waals surface area contributed by atoms with Gasteiger partial charge in [0, 0.05) is 29.2 Å². The molecule has 0 spiro atoms. The molecule has 0 fully saturated rings. The van der Waals surface area contributed by atoms with Gasteiger partial charge in [0.25, 0.3) is 0 Å². The molecule has 1 N–H and O–H groups in total. The molecule has 1 aromatic carbocycles. The number of rotatable bonds is 3. The molecule has 2 rings (SSSR count). The highest BCUT2D eigenvalue weighted by Gasteiger charge is 2.08. The van der Waals surface area contributed by atoms with E-state index < -0.39 is 0 Å². The van der Waals surface area contributed by atoms with Crippen molar-refractivity contribution in [2.75, 3.05) is 7.05 Å². The summed E-state index contributed by atoms with van der Waals surface area (Å²) in [4.78, 5) is 0. The molecule has 0 aliphatic heterocycles. The van der Waals surface area contributed by atoms with Crippen LogP contribution in [0.4, 0.5) is 0 Å². The quantitative estimate of drug-likeness (QED) is 0.833. The Morgan fingerprint density at radius 1 is 1.25 bits per heavy atom. The number of hydrogen-bond donors (Lipinski definition) is 1. The summed E-state index contributed by atoms with van der Waals surface area (Å²) in [7, 11) is 1.98. The third-order valence-corrected chi connectivity index (χ3v) is 2.99. The Bertz CT molecular complexity index is 495. The molecule has 0 amide bonds. The number of hydrogen-bond acceptors (Lipinski definition) is 1. The van der Waals surface area contributed by atoms with Crippen molar-refractivity contribution in [2.24, 2.45) is 0 Å². The molecule has 1 heterocycles. The maximum Gasteiger partial charge on any atom is 0.0485 e. The second-order valence-electron chi connectivity index (χ2n) is 4.67. The van der Waals surface area contributed by atoms with E-state index in [4.69, 9.17) is 0 Å². The van der Waals surface area contributed by atoms with E-state index in [1.165, 1.54) is 22.2 Å². The lowest BCUT2D eigenvalue weighted by Crippen LogP contribution is -2.05. The summed E-state index contributed by atoms with van der Waals surface area (Å²) < 4.78 is 2.39. The number of aromatic nitrogens is 1. The number of nitrogens with zero attached hydrogens (tertiary/aromatic N) is 1. The van der Waals surface area contributed by atoms with E-state index in [0.29, 0.717) is 6.04 Å². The Hall–Kier alpha value is -1.28. The summed E-state index contributed by atoms with van der Waals surface area (Å²) in [5.41, 5.74) is 4.02. The van der Waals surface area contributed by atoms with Gasteiger partial charge in [-0.1, -0.05) is 6.07 Å². The molecule has 2 nitrogen and oxygen atoms in total. The fourth-order valence-corrected chi connectivity index (χ4v) is 2.42. The molecular formula is C14H20N2. The first kappa shape index (κ1) is 11.2. The van der Waals surface area contributed by atoms with Gasteiger partial charge in [-0.2, -0.15) is 0 Å². The molecule has 0 saturated heterocycles. The Morgan fingerprint density at radius 2 is 2.00 bits per heavy atom. The van der Waals surface area contributed by atoms with Gasteiger partial charge in [-0.3, -0.25) is 0 Å². The molecule has 0 aliphatic rings. The van der Waals surface area contributed by atoms with Crippen LogP contribution in [0.2, 0.25) is 0 Å². The van der Waals surface area contributed by atoms with Crippen molar-refractivity contribution in [1.29, 1.82) is 0 Å². The Labute approximate surface area is 97.3 Å². The van der Waals surface area contributed by atoms with Crippen molar-refractivity contribution in [3.63, 3.8) is 0 Å². The maximum absolute atomic E-state index is 3.19. The topological polar surface area (TPSA) is 17.0 Å². The SMILES string of the molecule is CNCc1ccc2c(c1)cc(C)n2C(C)C. The average molecular weight is 216 g/mol. The summed E-state index contributed by atoms with van der Waals surface area (Å²) in [6, 6.07) is 9.51. The molecule has 0 bridgehead atoms. The van der Waals surface area contributed by atoms with Crippen LogP contribution in [0, 0.1) is 6.92 Å². The van der Waals surface area contributed by atoms with Crippen molar-refractivity contribution in [3.8, 4) is 0 Å². The predicted molar refractivity (Wildman–Crippen MR) is 69.8 cm³/mol. The van der Waals surface area contributed by atoms with Crippen LogP contribution in [0.1, 0.15) is 31.1 Å². The van der Waals surface area contributed by atoms with Crippen LogP contribution in [0.15, 0.2) is 24.3 Å². The maximum atomic E-state index is 3.19. The van der Waals surface area contributed by atoms with E-state index in [9.17, 15) is 0 Å². The molecular weight excluding hydrogens is 196 g/mol. The lowest BCUT2D eigenvalue weighted by Gasteiger charge is -2.12. The second-order valence-corrected chi connectivity index (χ2v) is 4.67. The summed E-state index contributed by atoms with van der Waals surface area (Å²) in [6.45, 7) is 7.57. The van der Waals surface area contributed by atoms with Gasteiger partial charge < -0.3 is 9.88 Å². The van der Waals surface area contributed by atoms with Crippen LogP contribution in [-0.2, 0) is 6.54 Å². The summed E-state index contributed by atoms with van der Waals surface area (Å²) in [5, 5.41) is 4.53. The molecule has 0 radical (unpaired) electrons. The number of benzene rings is 1. The monoisotopic (exact) mass is 216 g/mol. The van der Waals surface area contributed by atoms with E-state index in [1.807, 2.05) is 7.05 Å². The number of nitrogens with one attached hydrogen (secondary N) is 1. The summed E-state index contributed by atoms with van der Waals surface area (Å²) in [6.07, 6.45) is 0. The molecule has 2 heteroatoms. The van der Waals surface area contributed by atoms with Gasteiger partial charge in [-0.15, -0.1) is 0 Å². The first-order chi connectivity index (χ1) is 7.63. The van der Waals surface area contributed by atoms with Crippen LogP contribution in [-0.4, -0.2) is 11.6 Å². The van der Waals surface area contributed by atoms with E-state index in [-0.39, 0.29) is 0 Å². The smallest absolute Gasteiger partial charge is 0.0485 e. The van der Waals surface area contributed by atoms with Gasteiger partial charge in [0.2, 0.25) is 0 Å². The van der Waals surface area contributed by atoms with Crippen LogP contribution in [0.5, 0.6) is 0 Å². The van der Waals surface area contributed by atoms with Gasteiger partial charge in [0.1, 0.15) is 0 Å². The van der Waals surface area contributed by atoms with E-state index >= 15 is 0 Å². The minimum absolute atomic E-state index is 0.521. The largest absolute Gasteiger partial charge is 0.342 e. The van der Waals surface area contributed by atoms with Crippen LogP contribution < -0.4 is 5.32 Å². The van der Waals surface area contributed by atoms with Crippen molar-refractivity contribution in [1.82, 2.24) is 9.88 Å². The van der Waals surface area contributed by atoms with Gasteiger partial charge in [0.05, 0.1) is 0 Å². The zero-order valence-electron chi connectivity index (χ0n) is 10.5. The minimum Gasteiger partial charge on any atom is -0.342 e. The van der Waals surface area contributed by atoms with E-state index in [0.717, 1.165) is 6.54 Å². The highest BCUT2D eigenvalue weighted by Crippen LogP contribution is 2.24. The Morgan fingerprint density at radius 3 is 2.62 bits per heavy atom. The summed E-state index contributed by atoms with van der Waals surface area (Å²) in [5.74, 6) is 0. The fraction of sp³-hybridized carbons (Fsp3) is 0.429. The van der Waals surface area contributed by atoms with Crippen LogP contribution >= 0.6 is 0 Å². The van der Waals surface area contributed by atoms with Crippen molar-refractivity contribution in [2.45, 2.75) is 33.4 Å². The molecule has 0 saturated carbocycles. The predicted octanol–water partition coefficient (Wildman–Crippen LogP) is 3.25. The van der Waals surface area contributed by atoms with E-state index in [1.54, 1.807) is 0 Å². The molecule has 16 heavy (non-hydrogen) atoms. The molecule has 1 aromatic heterocycles. The molecule has 0 aliphatic carbocycles. The standard InChI is InChI=1S/C14H20N2/c1-10(2)16-11(3)7-13-8-12(9-15-4)5-6-14(13)16/h5-8,10,15H,9H2,1-4H3. The molecule has 0 atom stereocenters. The van der Waals surface area contributed by atoms with Crippen LogP contribution in [0.25, 0.3) is 10.9 Å². The third kappa shape index (κ3) is 1.85. The van der Waals surface area contributed by atoms with Crippen molar-refractivity contribution < 1.29 is 0 Å². The Kier molecular flexibility index (Phi) is 3.01. The van der Waals surface area contributed by atoms with Gasteiger partial charge in [0.15, 0.2) is 0 Å². The minimum atomic E-state index is 0.521. The molecule has 86 valence electrons. The average Bonchev–Trinajstić information content (AvgIpc) is 2.53. The first-order valence-electron chi connectivity index (χ1n) is 5.88. The van der Waals surface area contributed by atoms with Gasteiger partial charge >= 0.3 is 0 Å². The Balaban J connectivity index is 2.56. The normalized spacial score (nSPS) is 11.6. The zero-order valence-corrected chi connectivity index (χ0v) is 10.5. The second kappa shape index (κ2) is 4.30. The third-order valence-electron chi connectivity index (χ3n) is 2.99. The van der Waals surface area contributed by atoms with E-state index in [2.05, 4.69) is 54.9 Å².